The average molecular weight is 407 g/mol. The minimum absolute atomic E-state index is 0.0766. The van der Waals surface area contributed by atoms with Gasteiger partial charge in [-0.25, -0.2) is 5.01 Å². The van der Waals surface area contributed by atoms with Crippen LogP contribution in [-0.4, -0.2) is 37.2 Å². The molecule has 0 aliphatic carbocycles. The molecule has 144 valence electrons. The summed E-state index contributed by atoms with van der Waals surface area (Å²) in [4.78, 5) is 12.3. The predicted octanol–water partition coefficient (Wildman–Crippen LogP) is 4.39. The quantitative estimate of drug-likeness (QED) is 0.772. The smallest absolute Gasteiger partial charge is 0.265 e. The van der Waals surface area contributed by atoms with Crippen LogP contribution in [0.2, 0.25) is 10.0 Å². The second kappa shape index (κ2) is 9.56. The van der Waals surface area contributed by atoms with E-state index in [1.807, 2.05) is 47.5 Å². The highest BCUT2D eigenvalue weighted by atomic mass is 35.5. The first-order chi connectivity index (χ1) is 13.0. The standard InChI is InChI=1S/C21H24Cl2N2O2/c1-15(13-17-4-7-19(22)20(23)14-17)12-16-2-5-18(6-3-16)21(26)24-25-8-10-27-11-9-25/h2-7,14-15H,8-13H2,1H3,(H,24,26). The van der Waals surface area contributed by atoms with Crippen molar-refractivity contribution in [1.82, 2.24) is 10.4 Å². The molecular weight excluding hydrogens is 383 g/mol. The average Bonchev–Trinajstić information content (AvgIpc) is 2.66. The fraction of sp³-hybridized carbons (Fsp3) is 0.381. The molecule has 2 aromatic rings. The SMILES string of the molecule is CC(Cc1ccc(C(=O)NN2CCOCC2)cc1)Cc1ccc(Cl)c(Cl)c1. The van der Waals surface area contributed by atoms with Crippen molar-refractivity contribution in [2.45, 2.75) is 19.8 Å². The van der Waals surface area contributed by atoms with Crippen molar-refractivity contribution in [3.05, 3.63) is 69.2 Å². The molecule has 0 radical (unpaired) electrons. The molecule has 6 heteroatoms. The molecule has 3 rings (SSSR count). The first-order valence-corrected chi connectivity index (χ1v) is 9.93. The van der Waals surface area contributed by atoms with Crippen molar-refractivity contribution in [3.63, 3.8) is 0 Å². The van der Waals surface area contributed by atoms with Crippen LogP contribution in [0.3, 0.4) is 0 Å². The number of morpholine rings is 1. The lowest BCUT2D eigenvalue weighted by Gasteiger charge is -2.26. The Morgan fingerprint density at radius 3 is 2.33 bits per heavy atom. The maximum absolute atomic E-state index is 12.3. The summed E-state index contributed by atoms with van der Waals surface area (Å²) in [6.45, 7) is 4.94. The Morgan fingerprint density at radius 1 is 1.04 bits per heavy atom. The fourth-order valence-electron chi connectivity index (χ4n) is 3.22. The lowest BCUT2D eigenvalue weighted by Crippen LogP contribution is -2.48. The highest BCUT2D eigenvalue weighted by molar-refractivity contribution is 6.42. The van der Waals surface area contributed by atoms with Crippen LogP contribution in [0.5, 0.6) is 0 Å². The van der Waals surface area contributed by atoms with Crippen molar-refractivity contribution in [2.75, 3.05) is 26.3 Å². The van der Waals surface area contributed by atoms with E-state index in [2.05, 4.69) is 12.3 Å². The number of nitrogens with one attached hydrogen (secondary N) is 1. The number of hydrogen-bond acceptors (Lipinski definition) is 3. The maximum Gasteiger partial charge on any atom is 0.265 e. The Balaban J connectivity index is 1.53. The van der Waals surface area contributed by atoms with Crippen molar-refractivity contribution >= 4 is 29.1 Å². The van der Waals surface area contributed by atoms with E-state index in [0.29, 0.717) is 34.7 Å². The number of hydrazine groups is 1. The Kier molecular flexibility index (Phi) is 7.13. The summed E-state index contributed by atoms with van der Waals surface area (Å²) in [5.74, 6) is 0.377. The van der Waals surface area contributed by atoms with E-state index in [9.17, 15) is 4.79 Å². The number of hydrogen-bond donors (Lipinski definition) is 1. The summed E-state index contributed by atoms with van der Waals surface area (Å²) in [7, 11) is 0. The second-order valence-corrected chi connectivity index (χ2v) is 7.81. The highest BCUT2D eigenvalue weighted by Crippen LogP contribution is 2.24. The van der Waals surface area contributed by atoms with Crippen molar-refractivity contribution in [2.24, 2.45) is 5.92 Å². The predicted molar refractivity (Wildman–Crippen MR) is 109 cm³/mol. The number of rotatable bonds is 6. The van der Waals surface area contributed by atoms with Gasteiger partial charge in [-0.3, -0.25) is 10.2 Å². The van der Waals surface area contributed by atoms with E-state index < -0.39 is 0 Å². The Bertz CT molecular complexity index is 774. The van der Waals surface area contributed by atoms with Gasteiger partial charge in [-0.05, 0) is 54.2 Å². The lowest BCUT2D eigenvalue weighted by molar-refractivity contribution is 0.0126. The maximum atomic E-state index is 12.3. The number of amides is 1. The molecule has 1 amide bonds. The summed E-state index contributed by atoms with van der Waals surface area (Å²) < 4.78 is 5.29. The zero-order chi connectivity index (χ0) is 19.2. The van der Waals surface area contributed by atoms with E-state index in [4.69, 9.17) is 27.9 Å². The van der Waals surface area contributed by atoms with Gasteiger partial charge in [-0.1, -0.05) is 48.3 Å². The third-order valence-electron chi connectivity index (χ3n) is 4.64. The van der Waals surface area contributed by atoms with Crippen LogP contribution in [0.25, 0.3) is 0 Å². The van der Waals surface area contributed by atoms with Gasteiger partial charge in [-0.2, -0.15) is 0 Å². The van der Waals surface area contributed by atoms with Crippen LogP contribution < -0.4 is 5.43 Å². The molecule has 4 nitrogen and oxygen atoms in total. The molecule has 27 heavy (non-hydrogen) atoms. The summed E-state index contributed by atoms with van der Waals surface area (Å²) in [6.07, 6.45) is 1.86. The van der Waals surface area contributed by atoms with Gasteiger partial charge < -0.3 is 4.74 Å². The molecule has 0 aromatic heterocycles. The lowest BCUT2D eigenvalue weighted by atomic mass is 9.94. The molecular formula is C21H24Cl2N2O2. The van der Waals surface area contributed by atoms with Gasteiger partial charge in [0.2, 0.25) is 0 Å². The van der Waals surface area contributed by atoms with Crippen molar-refractivity contribution in [1.29, 1.82) is 0 Å². The van der Waals surface area contributed by atoms with Crippen LogP contribution in [0.1, 0.15) is 28.4 Å². The van der Waals surface area contributed by atoms with Gasteiger partial charge in [0.25, 0.3) is 5.91 Å². The number of carbonyl (C=O) groups is 1. The molecule has 0 bridgehead atoms. The Morgan fingerprint density at radius 2 is 1.67 bits per heavy atom. The van der Waals surface area contributed by atoms with Crippen LogP contribution in [0.15, 0.2) is 42.5 Å². The normalized spacial score (nSPS) is 16.1. The summed E-state index contributed by atoms with van der Waals surface area (Å²) in [5, 5.41) is 3.08. The van der Waals surface area contributed by atoms with E-state index in [1.54, 1.807) is 0 Å². The number of carbonyl (C=O) groups excluding carboxylic acids is 1. The molecule has 1 aliphatic heterocycles. The first-order valence-electron chi connectivity index (χ1n) is 9.18. The van der Waals surface area contributed by atoms with E-state index >= 15 is 0 Å². The van der Waals surface area contributed by atoms with Crippen LogP contribution in [0.4, 0.5) is 0 Å². The minimum atomic E-state index is -0.0766. The molecule has 0 spiro atoms. The molecule has 1 unspecified atom stereocenters. The molecule has 1 saturated heterocycles. The second-order valence-electron chi connectivity index (χ2n) is 7.00. The molecule has 2 aromatic carbocycles. The van der Waals surface area contributed by atoms with Gasteiger partial charge in [0, 0.05) is 18.7 Å². The largest absolute Gasteiger partial charge is 0.379 e. The minimum Gasteiger partial charge on any atom is -0.379 e. The molecule has 1 aliphatic rings. The van der Waals surface area contributed by atoms with Gasteiger partial charge in [0.05, 0.1) is 23.3 Å². The topological polar surface area (TPSA) is 41.6 Å². The summed E-state index contributed by atoms with van der Waals surface area (Å²) in [6, 6.07) is 13.6. The van der Waals surface area contributed by atoms with E-state index in [1.165, 1.54) is 11.1 Å². The molecule has 1 atom stereocenters. The molecule has 0 saturated carbocycles. The fourth-order valence-corrected chi connectivity index (χ4v) is 3.54. The van der Waals surface area contributed by atoms with Crippen LogP contribution >= 0.6 is 23.2 Å². The third-order valence-corrected chi connectivity index (χ3v) is 5.38. The van der Waals surface area contributed by atoms with Crippen molar-refractivity contribution in [3.8, 4) is 0 Å². The third kappa shape index (κ3) is 5.94. The Hall–Kier alpha value is -1.59. The molecule has 1 fully saturated rings. The number of benzene rings is 2. The first kappa shape index (κ1) is 20.2. The van der Waals surface area contributed by atoms with Gasteiger partial charge in [0.1, 0.15) is 0 Å². The van der Waals surface area contributed by atoms with E-state index in [-0.39, 0.29) is 5.91 Å². The van der Waals surface area contributed by atoms with Gasteiger partial charge >= 0.3 is 0 Å². The highest BCUT2D eigenvalue weighted by Gasteiger charge is 2.14. The van der Waals surface area contributed by atoms with Gasteiger partial charge in [0.15, 0.2) is 0 Å². The summed E-state index contributed by atoms with van der Waals surface area (Å²) in [5.41, 5.74) is 5.99. The van der Waals surface area contributed by atoms with E-state index in [0.717, 1.165) is 25.9 Å². The number of nitrogens with zero attached hydrogens (tertiary/aromatic N) is 1. The molecule has 1 N–H and O–H groups in total. The van der Waals surface area contributed by atoms with Gasteiger partial charge in [-0.15, -0.1) is 0 Å². The number of halogens is 2. The summed E-state index contributed by atoms with van der Waals surface area (Å²) >= 11 is 12.1. The van der Waals surface area contributed by atoms with Crippen LogP contribution in [0, 0.1) is 5.92 Å². The Labute approximate surface area is 170 Å². The molecule has 1 heterocycles. The van der Waals surface area contributed by atoms with Crippen molar-refractivity contribution < 1.29 is 9.53 Å². The monoisotopic (exact) mass is 406 g/mol. The zero-order valence-corrected chi connectivity index (χ0v) is 16.9. The zero-order valence-electron chi connectivity index (χ0n) is 15.4. The van der Waals surface area contributed by atoms with Crippen LogP contribution in [-0.2, 0) is 17.6 Å². The number of ether oxygens (including phenoxy) is 1.